The summed E-state index contributed by atoms with van der Waals surface area (Å²) in [6.07, 6.45) is 3.93. The normalized spacial score (nSPS) is 12.4. The van der Waals surface area contributed by atoms with Crippen molar-refractivity contribution in [1.82, 2.24) is 0 Å². The summed E-state index contributed by atoms with van der Waals surface area (Å²) in [5.74, 6) is 0.134. The molecule has 3 nitrogen and oxygen atoms in total. The molecule has 3 aromatic carbocycles. The van der Waals surface area contributed by atoms with Crippen molar-refractivity contribution < 1.29 is 9.67 Å². The number of anilines is 1. The van der Waals surface area contributed by atoms with Crippen molar-refractivity contribution in [3.63, 3.8) is 0 Å². The average Bonchev–Trinajstić information content (AvgIpc) is 2.81. The maximum atomic E-state index is 11.5. The Labute approximate surface area is 207 Å². The number of aliphatic hydroxyl groups excluding tert-OH is 1. The lowest BCUT2D eigenvalue weighted by Gasteiger charge is -2.18. The minimum atomic E-state index is 0.0286. The lowest BCUT2D eigenvalue weighted by molar-refractivity contribution is -0.575. The van der Waals surface area contributed by atoms with Crippen molar-refractivity contribution >= 4 is 45.1 Å². The van der Waals surface area contributed by atoms with Gasteiger partial charge in [-0.1, -0.05) is 81.5 Å². The number of aromatic nitrogens is 1. The van der Waals surface area contributed by atoms with E-state index in [1.54, 1.807) is 0 Å². The lowest BCUT2D eigenvalue weighted by atomic mass is 9.88. The van der Waals surface area contributed by atoms with E-state index in [0.717, 1.165) is 27.6 Å². The first-order valence-corrected chi connectivity index (χ1v) is 11.9. The molecule has 0 aliphatic rings. The molecule has 4 rings (SSSR count). The maximum absolute atomic E-state index is 11.5. The zero-order chi connectivity index (χ0) is 24.5. The van der Waals surface area contributed by atoms with Gasteiger partial charge in [0.25, 0.3) is 5.70 Å². The fourth-order valence-electron chi connectivity index (χ4n) is 3.96. The van der Waals surface area contributed by atoms with Crippen molar-refractivity contribution in [3.05, 3.63) is 107 Å². The van der Waals surface area contributed by atoms with Gasteiger partial charge < -0.3 is 10.4 Å². The van der Waals surface area contributed by atoms with E-state index < -0.39 is 0 Å². The third kappa shape index (κ3) is 4.87. The SMILES string of the molecule is Cc1ccc(C(O)=C(C(=S)Nc2cccc3ccccc23)[n+]2ccc(C(C)(C)C)cc2)cc1C. The van der Waals surface area contributed by atoms with Gasteiger partial charge in [0, 0.05) is 28.8 Å². The number of hydrogen-bond acceptors (Lipinski definition) is 2. The summed E-state index contributed by atoms with van der Waals surface area (Å²) < 4.78 is 1.89. The average molecular weight is 468 g/mol. The molecule has 0 saturated heterocycles. The van der Waals surface area contributed by atoms with Gasteiger partial charge in [-0.15, -0.1) is 0 Å². The molecule has 0 radical (unpaired) electrons. The van der Waals surface area contributed by atoms with Gasteiger partial charge in [0.1, 0.15) is 0 Å². The summed E-state index contributed by atoms with van der Waals surface area (Å²) in [4.78, 5) is 0.445. The lowest BCUT2D eigenvalue weighted by Crippen LogP contribution is -2.39. The Kier molecular flexibility index (Phi) is 6.54. The Morgan fingerprint density at radius 3 is 2.21 bits per heavy atom. The van der Waals surface area contributed by atoms with Crippen LogP contribution in [0, 0.1) is 13.8 Å². The van der Waals surface area contributed by atoms with Crippen molar-refractivity contribution in [2.75, 3.05) is 5.32 Å². The summed E-state index contributed by atoms with van der Waals surface area (Å²) in [7, 11) is 0. The number of benzene rings is 3. The van der Waals surface area contributed by atoms with Gasteiger partial charge in [-0.2, -0.15) is 4.57 Å². The molecule has 172 valence electrons. The summed E-state index contributed by atoms with van der Waals surface area (Å²) >= 11 is 5.89. The molecule has 4 aromatic rings. The van der Waals surface area contributed by atoms with Crippen LogP contribution >= 0.6 is 12.2 Å². The molecule has 1 aromatic heterocycles. The molecule has 0 amide bonds. The Balaban J connectivity index is 1.83. The number of hydrogen-bond donors (Lipinski definition) is 2. The van der Waals surface area contributed by atoms with Gasteiger partial charge in [-0.3, -0.25) is 0 Å². The zero-order valence-corrected chi connectivity index (χ0v) is 21.2. The van der Waals surface area contributed by atoms with E-state index in [4.69, 9.17) is 12.2 Å². The molecule has 2 N–H and O–H groups in total. The number of pyridine rings is 1. The highest BCUT2D eigenvalue weighted by atomic mass is 32.1. The Hall–Kier alpha value is -3.50. The molecule has 0 aliphatic carbocycles. The molecule has 0 bridgehead atoms. The van der Waals surface area contributed by atoms with E-state index in [1.165, 1.54) is 11.1 Å². The molecule has 0 saturated carbocycles. The van der Waals surface area contributed by atoms with Crippen LogP contribution in [-0.2, 0) is 5.41 Å². The van der Waals surface area contributed by atoms with E-state index in [-0.39, 0.29) is 11.2 Å². The van der Waals surface area contributed by atoms with Crippen molar-refractivity contribution in [2.24, 2.45) is 0 Å². The number of nitrogens with one attached hydrogen (secondary N) is 1. The molecular weight excluding hydrogens is 436 g/mol. The van der Waals surface area contributed by atoms with Crippen LogP contribution in [0.1, 0.15) is 43.0 Å². The van der Waals surface area contributed by atoms with Gasteiger partial charge in [-0.25, -0.2) is 0 Å². The first-order valence-electron chi connectivity index (χ1n) is 11.5. The summed E-state index contributed by atoms with van der Waals surface area (Å²) in [5, 5.41) is 17.1. The molecule has 0 spiro atoms. The molecule has 0 atom stereocenters. The van der Waals surface area contributed by atoms with Crippen LogP contribution in [0.5, 0.6) is 0 Å². The Morgan fingerprint density at radius 2 is 1.53 bits per heavy atom. The second-order valence-corrected chi connectivity index (χ2v) is 10.1. The van der Waals surface area contributed by atoms with Gasteiger partial charge in [0.15, 0.2) is 23.1 Å². The first kappa shape index (κ1) is 23.7. The summed E-state index contributed by atoms with van der Waals surface area (Å²) in [5.41, 5.74) is 5.70. The van der Waals surface area contributed by atoms with E-state index in [2.05, 4.69) is 63.3 Å². The number of aryl methyl sites for hydroxylation is 2. The van der Waals surface area contributed by atoms with Crippen LogP contribution in [0.25, 0.3) is 22.2 Å². The smallest absolute Gasteiger partial charge is 0.288 e. The third-order valence-corrected chi connectivity index (χ3v) is 6.51. The van der Waals surface area contributed by atoms with Gasteiger partial charge in [0.05, 0.1) is 0 Å². The van der Waals surface area contributed by atoms with Crippen molar-refractivity contribution in [2.45, 2.75) is 40.0 Å². The highest BCUT2D eigenvalue weighted by molar-refractivity contribution is 7.81. The first-order chi connectivity index (χ1) is 16.1. The summed E-state index contributed by atoms with van der Waals surface area (Å²) in [6.45, 7) is 10.7. The predicted octanol–water partition coefficient (Wildman–Crippen LogP) is 7.36. The van der Waals surface area contributed by atoms with Crippen LogP contribution in [0.3, 0.4) is 0 Å². The van der Waals surface area contributed by atoms with E-state index in [1.807, 2.05) is 66.3 Å². The predicted molar refractivity (Wildman–Crippen MR) is 147 cm³/mol. The highest BCUT2D eigenvalue weighted by Crippen LogP contribution is 2.26. The quantitative estimate of drug-likeness (QED) is 0.142. The second kappa shape index (κ2) is 9.40. The minimum absolute atomic E-state index is 0.0286. The highest BCUT2D eigenvalue weighted by Gasteiger charge is 2.25. The van der Waals surface area contributed by atoms with Gasteiger partial charge >= 0.3 is 0 Å². The number of aliphatic hydroxyl groups is 1. The number of fused-ring (bicyclic) bond motifs is 1. The third-order valence-electron chi connectivity index (χ3n) is 6.21. The largest absolute Gasteiger partial charge is 0.502 e. The number of nitrogens with zero attached hydrogens (tertiary/aromatic N) is 1. The monoisotopic (exact) mass is 467 g/mol. The number of rotatable bonds is 4. The molecule has 1 heterocycles. The fraction of sp³-hybridized carbons (Fsp3) is 0.200. The van der Waals surface area contributed by atoms with Crippen LogP contribution in [0.15, 0.2) is 85.2 Å². The van der Waals surface area contributed by atoms with Crippen molar-refractivity contribution in [1.29, 1.82) is 0 Å². The molecular formula is C30H31N2OS+. The van der Waals surface area contributed by atoms with Crippen molar-refractivity contribution in [3.8, 4) is 0 Å². The van der Waals surface area contributed by atoms with E-state index in [9.17, 15) is 5.11 Å². The number of thiocarbonyl (C=S) groups is 1. The second-order valence-electron chi connectivity index (χ2n) is 9.72. The molecule has 34 heavy (non-hydrogen) atoms. The molecule has 0 aliphatic heterocycles. The Bertz CT molecular complexity index is 1390. The summed E-state index contributed by atoms with van der Waals surface area (Å²) in [6, 6.07) is 24.4. The van der Waals surface area contributed by atoms with E-state index in [0.29, 0.717) is 10.7 Å². The van der Waals surface area contributed by atoms with Gasteiger partial charge in [-0.05, 0) is 53.5 Å². The maximum Gasteiger partial charge on any atom is 0.288 e. The topological polar surface area (TPSA) is 36.1 Å². The van der Waals surface area contributed by atoms with Crippen LogP contribution < -0.4 is 9.88 Å². The Morgan fingerprint density at radius 1 is 0.853 bits per heavy atom. The molecule has 0 fully saturated rings. The molecule has 0 unspecified atom stereocenters. The standard InChI is InChI=1S/C30H30N2OS/c1-20-13-14-23(19-21(20)2)28(33)27(32-17-15-24(16-18-32)30(3,4)5)29(34)31-26-12-8-10-22-9-6-7-11-25(22)26/h6-19H,1-5H3,(H-,31,33,34)/p+1. The minimum Gasteiger partial charge on any atom is -0.502 e. The fourth-order valence-corrected chi connectivity index (χ4v) is 4.28. The zero-order valence-electron chi connectivity index (χ0n) is 20.4. The molecule has 4 heteroatoms. The van der Waals surface area contributed by atoms with E-state index >= 15 is 0 Å². The van der Waals surface area contributed by atoms with Crippen LogP contribution in [0.4, 0.5) is 5.69 Å². The van der Waals surface area contributed by atoms with Gasteiger partial charge in [0.2, 0.25) is 0 Å². The van der Waals surface area contributed by atoms with Crippen LogP contribution in [-0.4, -0.2) is 10.1 Å². The van der Waals surface area contributed by atoms with Crippen LogP contribution in [0.2, 0.25) is 0 Å².